The second-order valence-corrected chi connectivity index (χ2v) is 3.54. The predicted octanol–water partition coefficient (Wildman–Crippen LogP) is 0.553. The largest absolute Gasteiger partial charge is 0.453 e. The average Bonchev–Trinajstić information content (AvgIpc) is 2.26. The summed E-state index contributed by atoms with van der Waals surface area (Å²) in [6.45, 7) is 0. The molecule has 2 atom stereocenters. The molecule has 1 aliphatic rings. The van der Waals surface area contributed by atoms with E-state index in [9.17, 15) is 9.59 Å². The van der Waals surface area contributed by atoms with Crippen LogP contribution in [0.15, 0.2) is 12.2 Å². The fourth-order valence-corrected chi connectivity index (χ4v) is 1.69. The highest BCUT2D eigenvalue weighted by molar-refractivity contribution is 5.84. The number of ether oxygens (including phenoxy) is 1. The summed E-state index contributed by atoms with van der Waals surface area (Å²) in [5.74, 6) is -0.549. The zero-order valence-electron chi connectivity index (χ0n) is 8.73. The SMILES string of the molecule is COC(=O)NC(C(N)=O)C1C=CCCC1. The Balaban J connectivity index is 2.64. The first kappa shape index (κ1) is 11.6. The van der Waals surface area contributed by atoms with E-state index in [1.165, 1.54) is 7.11 Å². The number of rotatable bonds is 3. The van der Waals surface area contributed by atoms with Crippen molar-refractivity contribution >= 4 is 12.0 Å². The van der Waals surface area contributed by atoms with Gasteiger partial charge in [-0.1, -0.05) is 12.2 Å². The maximum absolute atomic E-state index is 11.2. The van der Waals surface area contributed by atoms with Gasteiger partial charge in [-0.2, -0.15) is 0 Å². The van der Waals surface area contributed by atoms with Crippen molar-refractivity contribution in [3.05, 3.63) is 12.2 Å². The number of nitrogens with two attached hydrogens (primary N) is 1. The molecule has 0 aliphatic heterocycles. The van der Waals surface area contributed by atoms with Gasteiger partial charge in [0.2, 0.25) is 5.91 Å². The van der Waals surface area contributed by atoms with Gasteiger partial charge in [0.25, 0.3) is 0 Å². The molecule has 84 valence electrons. The van der Waals surface area contributed by atoms with Crippen LogP contribution in [-0.2, 0) is 9.53 Å². The lowest BCUT2D eigenvalue weighted by atomic mass is 9.89. The molecule has 1 rings (SSSR count). The first-order chi connectivity index (χ1) is 7.15. The third-order valence-electron chi connectivity index (χ3n) is 2.48. The van der Waals surface area contributed by atoms with Crippen molar-refractivity contribution in [3.63, 3.8) is 0 Å². The van der Waals surface area contributed by atoms with E-state index in [1.54, 1.807) is 0 Å². The third-order valence-corrected chi connectivity index (χ3v) is 2.48. The number of carbonyl (C=O) groups excluding carboxylic acids is 2. The fourth-order valence-electron chi connectivity index (χ4n) is 1.69. The molecule has 1 aliphatic carbocycles. The molecule has 3 N–H and O–H groups in total. The number of carbonyl (C=O) groups is 2. The number of alkyl carbamates (subject to hydrolysis) is 1. The van der Waals surface area contributed by atoms with E-state index in [-0.39, 0.29) is 5.92 Å². The minimum atomic E-state index is -0.672. The summed E-state index contributed by atoms with van der Waals surface area (Å²) in [6.07, 6.45) is 6.18. The summed E-state index contributed by atoms with van der Waals surface area (Å²) >= 11 is 0. The average molecular weight is 212 g/mol. The summed E-state index contributed by atoms with van der Waals surface area (Å²) in [4.78, 5) is 22.2. The molecule has 0 fully saturated rings. The van der Waals surface area contributed by atoms with Crippen molar-refractivity contribution < 1.29 is 14.3 Å². The number of nitrogens with one attached hydrogen (secondary N) is 1. The molecule has 2 unspecified atom stereocenters. The second kappa shape index (κ2) is 5.38. The zero-order valence-corrected chi connectivity index (χ0v) is 8.73. The van der Waals surface area contributed by atoms with Crippen molar-refractivity contribution in [3.8, 4) is 0 Å². The van der Waals surface area contributed by atoms with E-state index in [2.05, 4.69) is 10.1 Å². The Labute approximate surface area is 88.7 Å². The van der Waals surface area contributed by atoms with E-state index in [4.69, 9.17) is 5.73 Å². The lowest BCUT2D eigenvalue weighted by Crippen LogP contribution is -2.48. The van der Waals surface area contributed by atoms with Crippen molar-refractivity contribution in [1.82, 2.24) is 5.32 Å². The molecule has 5 heteroatoms. The normalized spacial score (nSPS) is 21.8. The zero-order chi connectivity index (χ0) is 11.3. The molecule has 5 nitrogen and oxygen atoms in total. The molecule has 0 saturated carbocycles. The summed E-state index contributed by atoms with van der Waals surface area (Å²) in [5, 5.41) is 2.45. The number of hydrogen-bond acceptors (Lipinski definition) is 3. The first-order valence-electron chi connectivity index (χ1n) is 4.95. The monoisotopic (exact) mass is 212 g/mol. The highest BCUT2D eigenvalue weighted by Gasteiger charge is 2.27. The number of hydrogen-bond donors (Lipinski definition) is 2. The number of primary amides is 1. The Bertz CT molecular complexity index is 276. The molecule has 0 spiro atoms. The Morgan fingerprint density at radius 3 is 2.80 bits per heavy atom. The number of allylic oxidation sites excluding steroid dienone is 1. The molecular weight excluding hydrogens is 196 g/mol. The first-order valence-corrected chi connectivity index (χ1v) is 4.95. The third kappa shape index (κ3) is 3.27. The van der Waals surface area contributed by atoms with Crippen LogP contribution >= 0.6 is 0 Å². The molecule has 0 saturated heterocycles. The van der Waals surface area contributed by atoms with E-state index < -0.39 is 18.0 Å². The van der Waals surface area contributed by atoms with E-state index in [1.807, 2.05) is 12.2 Å². The van der Waals surface area contributed by atoms with E-state index >= 15 is 0 Å². The van der Waals surface area contributed by atoms with Gasteiger partial charge in [0.1, 0.15) is 6.04 Å². The molecule has 0 bridgehead atoms. The topological polar surface area (TPSA) is 81.4 Å². The smallest absolute Gasteiger partial charge is 0.407 e. The molecular formula is C10H16N2O3. The molecule has 0 aromatic heterocycles. The molecule has 0 radical (unpaired) electrons. The van der Waals surface area contributed by atoms with Gasteiger partial charge in [0, 0.05) is 5.92 Å². The molecule has 0 aromatic rings. The Morgan fingerprint density at radius 2 is 2.33 bits per heavy atom. The van der Waals surface area contributed by atoms with Crippen molar-refractivity contribution in [2.45, 2.75) is 25.3 Å². The number of amides is 2. The maximum Gasteiger partial charge on any atom is 0.407 e. The fraction of sp³-hybridized carbons (Fsp3) is 0.600. The van der Waals surface area contributed by atoms with Gasteiger partial charge in [0.05, 0.1) is 7.11 Å². The summed E-state index contributed by atoms with van der Waals surface area (Å²) in [6, 6.07) is -0.672. The van der Waals surface area contributed by atoms with Crippen LogP contribution in [0, 0.1) is 5.92 Å². The molecule has 2 amide bonds. The van der Waals surface area contributed by atoms with Crippen LogP contribution in [0.4, 0.5) is 4.79 Å². The van der Waals surface area contributed by atoms with Gasteiger partial charge in [-0.05, 0) is 19.3 Å². The summed E-state index contributed by atoms with van der Waals surface area (Å²) in [5.41, 5.74) is 5.23. The Morgan fingerprint density at radius 1 is 1.60 bits per heavy atom. The highest BCUT2D eigenvalue weighted by Crippen LogP contribution is 2.20. The Hall–Kier alpha value is -1.52. The standard InChI is InChI=1S/C10H16N2O3/c1-15-10(14)12-8(9(11)13)7-5-3-2-4-6-7/h3,5,7-8H,2,4,6H2,1H3,(H2,11,13)(H,12,14). The van der Waals surface area contributed by atoms with Crippen LogP contribution in [0.1, 0.15) is 19.3 Å². The van der Waals surface area contributed by atoms with Crippen molar-refractivity contribution in [2.75, 3.05) is 7.11 Å². The van der Waals surface area contributed by atoms with Gasteiger partial charge >= 0.3 is 6.09 Å². The number of methoxy groups -OCH3 is 1. The van der Waals surface area contributed by atoms with Gasteiger partial charge < -0.3 is 15.8 Å². The van der Waals surface area contributed by atoms with Gasteiger partial charge in [-0.25, -0.2) is 4.79 Å². The van der Waals surface area contributed by atoms with Crippen molar-refractivity contribution in [1.29, 1.82) is 0 Å². The lowest BCUT2D eigenvalue weighted by molar-refractivity contribution is -0.120. The second-order valence-electron chi connectivity index (χ2n) is 3.54. The highest BCUT2D eigenvalue weighted by atomic mass is 16.5. The van der Waals surface area contributed by atoms with Crippen LogP contribution < -0.4 is 11.1 Å². The van der Waals surface area contributed by atoms with E-state index in [0.29, 0.717) is 0 Å². The minimum Gasteiger partial charge on any atom is -0.453 e. The maximum atomic E-state index is 11.2. The van der Waals surface area contributed by atoms with Gasteiger partial charge in [-0.3, -0.25) is 4.79 Å². The van der Waals surface area contributed by atoms with Crippen LogP contribution in [0.25, 0.3) is 0 Å². The lowest BCUT2D eigenvalue weighted by Gasteiger charge is -2.24. The van der Waals surface area contributed by atoms with Crippen LogP contribution in [0.2, 0.25) is 0 Å². The Kier molecular flexibility index (Phi) is 4.15. The summed E-state index contributed by atoms with van der Waals surface area (Å²) in [7, 11) is 1.25. The van der Waals surface area contributed by atoms with Gasteiger partial charge in [0.15, 0.2) is 0 Å². The van der Waals surface area contributed by atoms with Crippen LogP contribution in [-0.4, -0.2) is 25.2 Å². The van der Waals surface area contributed by atoms with Crippen LogP contribution in [0.5, 0.6) is 0 Å². The summed E-state index contributed by atoms with van der Waals surface area (Å²) < 4.78 is 4.44. The van der Waals surface area contributed by atoms with Crippen molar-refractivity contribution in [2.24, 2.45) is 11.7 Å². The van der Waals surface area contributed by atoms with Crippen LogP contribution in [0.3, 0.4) is 0 Å². The van der Waals surface area contributed by atoms with Gasteiger partial charge in [-0.15, -0.1) is 0 Å². The predicted molar refractivity (Wildman–Crippen MR) is 55.0 cm³/mol. The quantitative estimate of drug-likeness (QED) is 0.670. The molecule has 0 heterocycles. The molecule has 15 heavy (non-hydrogen) atoms. The molecule has 0 aromatic carbocycles. The van der Waals surface area contributed by atoms with E-state index in [0.717, 1.165) is 19.3 Å². The minimum absolute atomic E-state index is 0.0182.